The van der Waals surface area contributed by atoms with Crippen molar-refractivity contribution in [2.75, 3.05) is 25.4 Å². The summed E-state index contributed by atoms with van der Waals surface area (Å²) in [7, 11) is -3.26. The summed E-state index contributed by atoms with van der Waals surface area (Å²) in [5, 5.41) is 2.71. The van der Waals surface area contributed by atoms with E-state index in [0.29, 0.717) is 19.5 Å². The number of hydrogen-bond donors (Lipinski definition) is 3. The van der Waals surface area contributed by atoms with Crippen LogP contribution in [0.25, 0.3) is 0 Å². The predicted octanol–water partition coefficient (Wildman–Crippen LogP) is -0.469. The lowest BCUT2D eigenvalue weighted by Gasteiger charge is -2.16. The lowest BCUT2D eigenvalue weighted by molar-refractivity contribution is -0.122. The highest BCUT2D eigenvalue weighted by Crippen LogP contribution is 2.20. The number of carbonyl (C=O) groups excluding carboxylic acids is 1. The minimum atomic E-state index is -3.26. The summed E-state index contributed by atoms with van der Waals surface area (Å²) >= 11 is 0. The Labute approximate surface area is 142 Å². The first kappa shape index (κ1) is 17.3. The number of hydrogen-bond acceptors (Lipinski definition) is 6. The molecule has 2 fully saturated rings. The van der Waals surface area contributed by atoms with E-state index in [1.54, 1.807) is 6.20 Å². The third kappa shape index (κ3) is 4.10. The second kappa shape index (κ2) is 7.56. The molecule has 3 N–H and O–H groups in total. The lowest BCUT2D eigenvalue weighted by Crippen LogP contribution is -2.45. The fourth-order valence-corrected chi connectivity index (χ4v) is 4.46. The normalized spacial score (nSPS) is 25.0. The van der Waals surface area contributed by atoms with Gasteiger partial charge in [0.1, 0.15) is 6.04 Å². The lowest BCUT2D eigenvalue weighted by atomic mass is 10.1. The molecule has 1 amide bonds. The van der Waals surface area contributed by atoms with Gasteiger partial charge in [-0.2, -0.15) is 0 Å². The molecule has 2 aliphatic heterocycles. The number of pyridine rings is 1. The van der Waals surface area contributed by atoms with Crippen molar-refractivity contribution in [3.63, 3.8) is 0 Å². The zero-order valence-electron chi connectivity index (χ0n) is 13.4. The quantitative estimate of drug-likeness (QED) is 0.639. The van der Waals surface area contributed by atoms with Crippen molar-refractivity contribution in [2.45, 2.75) is 31.3 Å². The van der Waals surface area contributed by atoms with Crippen LogP contribution in [0.3, 0.4) is 0 Å². The van der Waals surface area contributed by atoms with E-state index in [1.165, 1.54) is 4.31 Å². The smallest absolute Gasteiger partial charge is 0.238 e. The van der Waals surface area contributed by atoms with Crippen LogP contribution in [0.15, 0.2) is 24.4 Å². The fraction of sp³-hybridized carbons (Fsp3) is 0.600. The molecule has 2 aliphatic rings. The largest absolute Gasteiger partial charge is 0.354 e. The molecule has 0 radical (unpaired) electrons. The van der Waals surface area contributed by atoms with Gasteiger partial charge in [-0.05, 0) is 31.4 Å². The Hall–Kier alpha value is -1.55. The predicted molar refractivity (Wildman–Crippen MR) is 89.3 cm³/mol. The van der Waals surface area contributed by atoms with E-state index >= 15 is 0 Å². The Morgan fingerprint density at radius 1 is 1.29 bits per heavy atom. The van der Waals surface area contributed by atoms with Gasteiger partial charge < -0.3 is 5.32 Å². The Bertz CT molecular complexity index is 661. The molecule has 2 unspecified atom stereocenters. The number of hydrazine groups is 1. The number of carbonyl (C=O) groups is 1. The van der Waals surface area contributed by atoms with Crippen LogP contribution in [0.2, 0.25) is 0 Å². The standard InChI is InChI=1S/C15H23N5O3S/c21-15(17-7-10-24(22,23)20-8-3-4-9-20)14-11-13(18-19-14)12-5-1-2-6-16-12/h1-2,5-6,13-14,18-19H,3-4,7-11H2,(H,17,21). The Kier molecular flexibility index (Phi) is 5.44. The first-order valence-electron chi connectivity index (χ1n) is 8.24. The number of nitrogens with zero attached hydrogens (tertiary/aromatic N) is 2. The maximum absolute atomic E-state index is 12.2. The van der Waals surface area contributed by atoms with Gasteiger partial charge in [0.15, 0.2) is 0 Å². The summed E-state index contributed by atoms with van der Waals surface area (Å²) in [6.07, 6.45) is 4.12. The summed E-state index contributed by atoms with van der Waals surface area (Å²) in [4.78, 5) is 16.5. The van der Waals surface area contributed by atoms with Crippen molar-refractivity contribution in [3.8, 4) is 0 Å². The van der Waals surface area contributed by atoms with Crippen LogP contribution < -0.4 is 16.2 Å². The molecule has 1 aromatic rings. The number of rotatable bonds is 6. The average Bonchev–Trinajstić information content (AvgIpc) is 3.27. The van der Waals surface area contributed by atoms with Crippen LogP contribution >= 0.6 is 0 Å². The molecule has 0 aromatic carbocycles. The molecule has 2 saturated heterocycles. The summed E-state index contributed by atoms with van der Waals surface area (Å²) in [6.45, 7) is 1.32. The SMILES string of the molecule is O=C(NCCS(=O)(=O)N1CCCC1)C1CC(c2ccccn2)NN1. The molecule has 1 aromatic heterocycles. The highest BCUT2D eigenvalue weighted by atomic mass is 32.2. The molecule has 8 nitrogen and oxygen atoms in total. The molecule has 132 valence electrons. The summed E-state index contributed by atoms with van der Waals surface area (Å²) < 4.78 is 25.7. The summed E-state index contributed by atoms with van der Waals surface area (Å²) in [6, 6.07) is 5.22. The highest BCUT2D eigenvalue weighted by molar-refractivity contribution is 7.89. The van der Waals surface area contributed by atoms with Crippen molar-refractivity contribution >= 4 is 15.9 Å². The highest BCUT2D eigenvalue weighted by Gasteiger charge is 2.31. The van der Waals surface area contributed by atoms with E-state index in [2.05, 4.69) is 21.2 Å². The Morgan fingerprint density at radius 3 is 2.79 bits per heavy atom. The topological polar surface area (TPSA) is 103 Å². The van der Waals surface area contributed by atoms with Crippen molar-refractivity contribution in [1.29, 1.82) is 0 Å². The van der Waals surface area contributed by atoms with Gasteiger partial charge in [-0.25, -0.2) is 23.6 Å². The monoisotopic (exact) mass is 353 g/mol. The molecule has 9 heteroatoms. The van der Waals surface area contributed by atoms with E-state index in [-0.39, 0.29) is 24.2 Å². The Morgan fingerprint density at radius 2 is 2.08 bits per heavy atom. The van der Waals surface area contributed by atoms with Gasteiger partial charge in [0.25, 0.3) is 0 Å². The molecule has 0 aliphatic carbocycles. The summed E-state index contributed by atoms with van der Waals surface area (Å²) in [5.41, 5.74) is 6.87. The first-order valence-corrected chi connectivity index (χ1v) is 9.85. The minimum absolute atomic E-state index is 0.0321. The molecule has 0 spiro atoms. The van der Waals surface area contributed by atoms with E-state index in [9.17, 15) is 13.2 Å². The van der Waals surface area contributed by atoms with Crippen molar-refractivity contribution < 1.29 is 13.2 Å². The average molecular weight is 353 g/mol. The Balaban J connectivity index is 1.44. The maximum atomic E-state index is 12.2. The van der Waals surface area contributed by atoms with Crippen LogP contribution in [-0.4, -0.2) is 55.0 Å². The van der Waals surface area contributed by atoms with E-state index in [0.717, 1.165) is 18.5 Å². The van der Waals surface area contributed by atoms with Crippen molar-refractivity contribution in [2.24, 2.45) is 0 Å². The van der Waals surface area contributed by atoms with E-state index in [1.807, 2.05) is 18.2 Å². The van der Waals surface area contributed by atoms with Crippen LogP contribution in [-0.2, 0) is 14.8 Å². The maximum Gasteiger partial charge on any atom is 0.238 e. The van der Waals surface area contributed by atoms with E-state index < -0.39 is 16.1 Å². The van der Waals surface area contributed by atoms with Crippen molar-refractivity contribution in [3.05, 3.63) is 30.1 Å². The fourth-order valence-electron chi connectivity index (χ4n) is 3.03. The number of amides is 1. The minimum Gasteiger partial charge on any atom is -0.354 e. The van der Waals surface area contributed by atoms with Gasteiger partial charge in [0.2, 0.25) is 15.9 Å². The van der Waals surface area contributed by atoms with Crippen molar-refractivity contribution in [1.82, 2.24) is 25.5 Å². The van der Waals surface area contributed by atoms with Crippen LogP contribution in [0.1, 0.15) is 31.0 Å². The zero-order chi connectivity index (χ0) is 17.0. The first-order chi connectivity index (χ1) is 11.6. The zero-order valence-corrected chi connectivity index (χ0v) is 14.3. The third-order valence-electron chi connectivity index (χ3n) is 4.38. The molecule has 2 atom stereocenters. The molecule has 0 saturated carbocycles. The molecule has 3 rings (SSSR count). The molecule has 24 heavy (non-hydrogen) atoms. The van der Waals surface area contributed by atoms with Gasteiger partial charge in [-0.1, -0.05) is 6.07 Å². The molecular weight excluding hydrogens is 330 g/mol. The second-order valence-electron chi connectivity index (χ2n) is 6.10. The molecule has 0 bridgehead atoms. The van der Waals surface area contributed by atoms with Gasteiger partial charge in [0, 0.05) is 25.8 Å². The number of aromatic nitrogens is 1. The van der Waals surface area contributed by atoms with Gasteiger partial charge in [-0.15, -0.1) is 0 Å². The van der Waals surface area contributed by atoms with Crippen LogP contribution in [0.4, 0.5) is 0 Å². The molecular formula is C15H23N5O3S. The van der Waals surface area contributed by atoms with E-state index in [4.69, 9.17) is 0 Å². The van der Waals surface area contributed by atoms with Crippen LogP contribution in [0, 0.1) is 0 Å². The number of sulfonamides is 1. The second-order valence-corrected chi connectivity index (χ2v) is 8.19. The summed E-state index contributed by atoms with van der Waals surface area (Å²) in [5.74, 6) is -0.250. The third-order valence-corrected chi connectivity index (χ3v) is 6.25. The number of nitrogens with one attached hydrogen (secondary N) is 3. The molecule has 3 heterocycles. The van der Waals surface area contributed by atoms with Gasteiger partial charge >= 0.3 is 0 Å². The van der Waals surface area contributed by atoms with Crippen LogP contribution in [0.5, 0.6) is 0 Å². The van der Waals surface area contributed by atoms with Gasteiger partial charge in [-0.3, -0.25) is 9.78 Å². The van der Waals surface area contributed by atoms with Gasteiger partial charge in [0.05, 0.1) is 17.5 Å².